The summed E-state index contributed by atoms with van der Waals surface area (Å²) in [6.07, 6.45) is 0. The third-order valence-electron chi connectivity index (χ3n) is 4.71. The van der Waals surface area contributed by atoms with Crippen molar-refractivity contribution in [2.24, 2.45) is 5.92 Å². The number of anilines is 2. The largest absolute Gasteiger partial charge is 0.278 e. The van der Waals surface area contributed by atoms with E-state index in [1.54, 1.807) is 19.9 Å². The minimum Gasteiger partial charge on any atom is -0.278 e. The SMILES string of the molecule is Cc1cc(C)c(NS(=O)(=O)c2ccc(N3C(=O)C(C)CS3(=O)=O)cc2C)c(Cl)c1. The van der Waals surface area contributed by atoms with Gasteiger partial charge >= 0.3 is 0 Å². The number of amides is 1. The molecule has 0 spiro atoms. The molecule has 2 aromatic carbocycles. The molecule has 29 heavy (non-hydrogen) atoms. The normalized spacial score (nSPS) is 18.9. The third kappa shape index (κ3) is 3.99. The first-order valence-corrected chi connectivity index (χ1v) is 12.3. The van der Waals surface area contributed by atoms with Gasteiger partial charge in [0.2, 0.25) is 15.9 Å². The first kappa shape index (κ1) is 21.6. The Hall–Kier alpha value is -2.10. The fourth-order valence-electron chi connectivity index (χ4n) is 3.38. The van der Waals surface area contributed by atoms with Crippen LogP contribution in [-0.2, 0) is 24.8 Å². The molecule has 1 N–H and O–H groups in total. The summed E-state index contributed by atoms with van der Waals surface area (Å²) in [5.41, 5.74) is 2.29. The number of hydrogen-bond acceptors (Lipinski definition) is 5. The molecular weight excluding hydrogens is 436 g/mol. The average Bonchev–Trinajstić information content (AvgIpc) is 2.78. The molecule has 0 aliphatic carbocycles. The maximum absolute atomic E-state index is 12.9. The Kier molecular flexibility index (Phi) is 5.44. The standard InChI is InChI=1S/C19H21ClN2O5S2/c1-11-7-13(3)18(16(20)8-11)21-29(26,27)17-6-5-15(9-12(17)2)22-19(23)14(4)10-28(22,24)25/h5-9,14,21H,10H2,1-4H3. The number of carbonyl (C=O) groups excluding carboxylic acids is 1. The number of carbonyl (C=O) groups is 1. The van der Waals surface area contributed by atoms with Crippen LogP contribution in [0.3, 0.4) is 0 Å². The second-order valence-electron chi connectivity index (χ2n) is 7.28. The van der Waals surface area contributed by atoms with Gasteiger partial charge in [-0.25, -0.2) is 21.1 Å². The number of aryl methyl sites for hydroxylation is 3. The van der Waals surface area contributed by atoms with E-state index < -0.39 is 31.9 Å². The summed E-state index contributed by atoms with van der Waals surface area (Å²) in [4.78, 5) is 12.2. The molecule has 1 atom stereocenters. The van der Waals surface area contributed by atoms with Gasteiger partial charge in [-0.2, -0.15) is 0 Å². The topological polar surface area (TPSA) is 101 Å². The molecule has 0 radical (unpaired) electrons. The summed E-state index contributed by atoms with van der Waals surface area (Å²) >= 11 is 6.20. The Morgan fingerprint density at radius 3 is 2.28 bits per heavy atom. The Labute approximate surface area is 175 Å². The van der Waals surface area contributed by atoms with Crippen LogP contribution in [-0.4, -0.2) is 28.5 Å². The molecule has 3 rings (SSSR count). The number of nitrogens with one attached hydrogen (secondary N) is 1. The van der Waals surface area contributed by atoms with Crippen molar-refractivity contribution >= 4 is 48.9 Å². The average molecular weight is 457 g/mol. The lowest BCUT2D eigenvalue weighted by molar-refractivity contribution is -0.119. The van der Waals surface area contributed by atoms with E-state index in [0.29, 0.717) is 11.1 Å². The van der Waals surface area contributed by atoms with Crippen LogP contribution in [0, 0.1) is 26.7 Å². The molecule has 1 saturated heterocycles. The summed E-state index contributed by atoms with van der Waals surface area (Å²) in [5.74, 6) is -1.44. The molecule has 7 nitrogen and oxygen atoms in total. The fraction of sp³-hybridized carbons (Fsp3) is 0.316. The van der Waals surface area contributed by atoms with Crippen molar-refractivity contribution < 1.29 is 21.6 Å². The van der Waals surface area contributed by atoms with Crippen molar-refractivity contribution in [3.8, 4) is 0 Å². The number of halogens is 1. The van der Waals surface area contributed by atoms with Crippen LogP contribution >= 0.6 is 11.6 Å². The number of hydrogen-bond donors (Lipinski definition) is 1. The molecule has 1 aliphatic heterocycles. The van der Waals surface area contributed by atoms with Gasteiger partial charge in [-0.15, -0.1) is 0 Å². The predicted octanol–water partition coefficient (Wildman–Crippen LogP) is 3.38. The highest BCUT2D eigenvalue weighted by molar-refractivity contribution is 7.94. The van der Waals surface area contributed by atoms with Crippen LogP contribution in [0.5, 0.6) is 0 Å². The van der Waals surface area contributed by atoms with Crippen LogP contribution < -0.4 is 9.03 Å². The molecule has 1 unspecified atom stereocenters. The Bertz CT molecular complexity index is 1200. The van der Waals surface area contributed by atoms with Crippen molar-refractivity contribution in [2.75, 3.05) is 14.8 Å². The van der Waals surface area contributed by atoms with E-state index in [4.69, 9.17) is 11.6 Å². The summed E-state index contributed by atoms with van der Waals surface area (Å²) in [7, 11) is -7.75. The lowest BCUT2D eigenvalue weighted by atomic mass is 10.1. The minimum absolute atomic E-state index is 0.0330. The molecule has 156 valence electrons. The molecule has 10 heteroatoms. The van der Waals surface area contributed by atoms with Crippen LogP contribution in [0.2, 0.25) is 5.02 Å². The van der Waals surface area contributed by atoms with Gasteiger partial charge in [-0.3, -0.25) is 9.52 Å². The van der Waals surface area contributed by atoms with E-state index in [1.165, 1.54) is 25.1 Å². The first-order valence-electron chi connectivity index (χ1n) is 8.80. The maximum atomic E-state index is 12.9. The van der Waals surface area contributed by atoms with Gasteiger partial charge in [0.05, 0.1) is 33.0 Å². The van der Waals surface area contributed by atoms with Crippen molar-refractivity contribution in [1.82, 2.24) is 0 Å². The van der Waals surface area contributed by atoms with Gasteiger partial charge in [0.1, 0.15) is 0 Å². The molecule has 0 aromatic heterocycles. The zero-order valence-corrected chi connectivity index (χ0v) is 18.7. The Morgan fingerprint density at radius 2 is 1.76 bits per heavy atom. The van der Waals surface area contributed by atoms with Gasteiger partial charge in [0, 0.05) is 0 Å². The monoisotopic (exact) mass is 456 g/mol. The first-order chi connectivity index (χ1) is 13.3. The molecule has 1 heterocycles. The summed E-state index contributed by atoms with van der Waals surface area (Å²) < 4.78 is 53.6. The zero-order chi connectivity index (χ0) is 21.7. The van der Waals surface area contributed by atoms with Gasteiger partial charge < -0.3 is 0 Å². The lowest BCUT2D eigenvalue weighted by Gasteiger charge is -2.18. The molecular formula is C19H21ClN2O5S2. The predicted molar refractivity (Wildman–Crippen MR) is 113 cm³/mol. The Morgan fingerprint density at radius 1 is 1.10 bits per heavy atom. The van der Waals surface area contributed by atoms with Crippen molar-refractivity contribution in [1.29, 1.82) is 0 Å². The smallest absolute Gasteiger partial charge is 0.262 e. The van der Waals surface area contributed by atoms with E-state index in [1.807, 2.05) is 13.0 Å². The summed E-state index contributed by atoms with van der Waals surface area (Å²) in [6, 6.07) is 7.46. The van der Waals surface area contributed by atoms with E-state index >= 15 is 0 Å². The minimum atomic E-state index is -3.98. The quantitative estimate of drug-likeness (QED) is 0.760. The van der Waals surface area contributed by atoms with E-state index in [2.05, 4.69) is 4.72 Å². The molecule has 0 saturated carbocycles. The molecule has 2 aromatic rings. The number of rotatable bonds is 4. The van der Waals surface area contributed by atoms with Crippen LogP contribution in [0.25, 0.3) is 0 Å². The second kappa shape index (κ2) is 7.30. The molecule has 1 amide bonds. The summed E-state index contributed by atoms with van der Waals surface area (Å²) in [5, 5.41) is 0.281. The zero-order valence-electron chi connectivity index (χ0n) is 16.4. The lowest BCUT2D eigenvalue weighted by Crippen LogP contribution is -2.30. The molecule has 0 bridgehead atoms. The van der Waals surface area contributed by atoms with Crippen LogP contribution in [0.4, 0.5) is 11.4 Å². The maximum Gasteiger partial charge on any atom is 0.262 e. The molecule has 1 fully saturated rings. The second-order valence-corrected chi connectivity index (χ2v) is 11.2. The highest BCUT2D eigenvalue weighted by Gasteiger charge is 2.42. The van der Waals surface area contributed by atoms with Crippen molar-refractivity contribution in [2.45, 2.75) is 32.6 Å². The van der Waals surface area contributed by atoms with Gasteiger partial charge in [0.25, 0.3) is 10.0 Å². The number of nitrogens with zero attached hydrogens (tertiary/aromatic N) is 1. The fourth-order valence-corrected chi connectivity index (χ4v) is 7.00. The van der Waals surface area contributed by atoms with Crippen molar-refractivity contribution in [3.05, 3.63) is 52.0 Å². The van der Waals surface area contributed by atoms with E-state index in [9.17, 15) is 21.6 Å². The van der Waals surface area contributed by atoms with Crippen molar-refractivity contribution in [3.63, 3.8) is 0 Å². The third-order valence-corrected chi connectivity index (χ3v) is 8.39. The van der Waals surface area contributed by atoms with E-state index in [0.717, 1.165) is 9.87 Å². The highest BCUT2D eigenvalue weighted by atomic mass is 35.5. The van der Waals surface area contributed by atoms with Gasteiger partial charge in [-0.05, 0) is 61.7 Å². The number of benzene rings is 2. The Balaban J connectivity index is 2.00. The number of sulfonamides is 2. The molecule has 1 aliphatic rings. The summed E-state index contributed by atoms with van der Waals surface area (Å²) in [6.45, 7) is 6.69. The van der Waals surface area contributed by atoms with E-state index in [-0.39, 0.29) is 27.0 Å². The van der Waals surface area contributed by atoms with Crippen LogP contribution in [0.15, 0.2) is 35.2 Å². The van der Waals surface area contributed by atoms with Gasteiger partial charge in [0.15, 0.2) is 0 Å². The highest BCUT2D eigenvalue weighted by Crippen LogP contribution is 2.33. The van der Waals surface area contributed by atoms with Gasteiger partial charge in [-0.1, -0.05) is 24.6 Å². The van der Waals surface area contributed by atoms with Crippen LogP contribution in [0.1, 0.15) is 23.6 Å².